The lowest BCUT2D eigenvalue weighted by Gasteiger charge is -2.27. The lowest BCUT2D eigenvalue weighted by molar-refractivity contribution is 0.0292. The first-order valence-electron chi connectivity index (χ1n) is 21.3. The number of halogens is 1. The van der Waals surface area contributed by atoms with Gasteiger partial charge >= 0.3 is 6.09 Å². The molecule has 17 nitrogen and oxygen atoms in total. The maximum atomic E-state index is 16.2. The number of carbonyl (C=O) groups is 1. The summed E-state index contributed by atoms with van der Waals surface area (Å²) in [5.74, 6) is 1.63. The van der Waals surface area contributed by atoms with Crippen LogP contribution in [0.5, 0.6) is 17.2 Å². The first-order valence-corrected chi connectivity index (χ1v) is 25.9. The highest BCUT2D eigenvalue weighted by molar-refractivity contribution is 9.11. The molecule has 0 radical (unpaired) electrons. The van der Waals surface area contributed by atoms with Crippen LogP contribution >= 0.6 is 27.3 Å². The van der Waals surface area contributed by atoms with Crippen LogP contribution in [0.1, 0.15) is 43.9 Å². The Balaban J connectivity index is 1.35. The number of para-hydroxylation sites is 1. The number of aromatic nitrogens is 5. The number of tetrazole rings is 1. The molecule has 3 heterocycles. The Morgan fingerprint density at radius 1 is 0.809 bits per heavy atom. The van der Waals surface area contributed by atoms with E-state index in [1.807, 2.05) is 24.3 Å². The molecule has 1 amide bonds. The van der Waals surface area contributed by atoms with Crippen LogP contribution in [0.15, 0.2) is 117 Å². The van der Waals surface area contributed by atoms with Crippen LogP contribution in [-0.4, -0.2) is 103 Å². The summed E-state index contributed by atoms with van der Waals surface area (Å²) >= 11 is 4.90. The number of likely N-dealkylation sites (tertiary alicyclic amines) is 1. The number of benzene rings is 5. The molecule has 7 aromatic rings. The molecule has 1 aliphatic heterocycles. The number of rotatable bonds is 16. The average Bonchev–Trinajstić information content (AvgIpc) is 4.08. The van der Waals surface area contributed by atoms with Crippen LogP contribution in [0.25, 0.3) is 32.7 Å². The molecular formula is C47H49BrN8O9S3. The minimum atomic E-state index is -4.93. The number of fused-ring (bicyclic) bond motifs is 1. The summed E-state index contributed by atoms with van der Waals surface area (Å²) in [6.07, 6.45) is -0.345. The summed E-state index contributed by atoms with van der Waals surface area (Å²) < 4.78 is 89.7. The van der Waals surface area contributed by atoms with Gasteiger partial charge in [-0.1, -0.05) is 54.6 Å². The lowest BCUT2D eigenvalue weighted by Crippen LogP contribution is -2.41. The summed E-state index contributed by atoms with van der Waals surface area (Å²) in [6, 6.07) is 28.7. The van der Waals surface area contributed by atoms with Gasteiger partial charge in [0.15, 0.2) is 3.92 Å². The fourth-order valence-electron chi connectivity index (χ4n) is 7.78. The lowest BCUT2D eigenvalue weighted by atomic mass is 9.98. The van der Waals surface area contributed by atoms with Crippen LogP contribution in [0.2, 0.25) is 0 Å². The number of thiazole rings is 1. The second-order valence-corrected chi connectivity index (χ2v) is 22.8. The highest BCUT2D eigenvalue weighted by Gasteiger charge is 2.40. The molecule has 0 aliphatic carbocycles. The first kappa shape index (κ1) is 48.5. The van der Waals surface area contributed by atoms with Crippen molar-refractivity contribution in [1.29, 1.82) is 0 Å². The molecule has 0 spiro atoms. The molecular weight excluding hydrogens is 997 g/mol. The van der Waals surface area contributed by atoms with Crippen molar-refractivity contribution < 1.29 is 40.6 Å². The molecule has 1 N–H and O–H groups in total. The van der Waals surface area contributed by atoms with Crippen LogP contribution in [0.3, 0.4) is 0 Å². The molecule has 5 aromatic carbocycles. The molecule has 0 unspecified atom stereocenters. The smallest absolute Gasteiger partial charge is 0.410 e. The molecule has 21 heteroatoms. The van der Waals surface area contributed by atoms with Crippen molar-refractivity contribution in [2.45, 2.75) is 68.3 Å². The number of hydrogen-bond acceptors (Lipinski definition) is 14. The van der Waals surface area contributed by atoms with E-state index in [-0.39, 0.29) is 50.5 Å². The van der Waals surface area contributed by atoms with E-state index in [4.69, 9.17) is 29.0 Å². The van der Waals surface area contributed by atoms with E-state index in [0.29, 0.717) is 48.9 Å². The predicted molar refractivity (Wildman–Crippen MR) is 261 cm³/mol. The zero-order chi connectivity index (χ0) is 48.4. The number of amides is 1. The fraction of sp³-hybridized carbons (Fsp3) is 0.298. The number of ether oxygens (including phenoxy) is 4. The van der Waals surface area contributed by atoms with Crippen molar-refractivity contribution in [2.75, 3.05) is 34.4 Å². The monoisotopic (exact) mass is 1040 g/mol. The Bertz CT molecular complexity index is 3110. The minimum absolute atomic E-state index is 0.00975. The van der Waals surface area contributed by atoms with E-state index >= 15 is 16.8 Å². The molecule has 1 saturated heterocycles. The summed E-state index contributed by atoms with van der Waals surface area (Å²) in [5.41, 5.74) is 2.43. The van der Waals surface area contributed by atoms with Gasteiger partial charge in [0.05, 0.1) is 43.7 Å². The zero-order valence-electron chi connectivity index (χ0n) is 38.0. The Morgan fingerprint density at radius 2 is 1.40 bits per heavy atom. The van der Waals surface area contributed by atoms with Crippen molar-refractivity contribution in [1.82, 2.24) is 39.1 Å². The quantitative estimate of drug-likeness (QED) is 0.0975. The SMILES string of the molecule is COc1ccc(CN(Cc2ccc(OC)cc2)S(=O)(=O)c2c(S(=O)(=O)N[C@@H]3CCN(C(=O)OC(C)(C)C)C3)ccc(-c3cccc4sc(Br)nc34)c2-c2nnn(Cc3ccc(OC)cc3)n2)cc1. The Labute approximate surface area is 407 Å². The third-order valence-electron chi connectivity index (χ3n) is 11.0. The van der Waals surface area contributed by atoms with Crippen LogP contribution < -0.4 is 18.9 Å². The molecule has 1 atom stereocenters. The van der Waals surface area contributed by atoms with Gasteiger partial charge in [-0.2, -0.15) is 9.10 Å². The summed E-state index contributed by atoms with van der Waals surface area (Å²) in [5, 5.41) is 13.6. The maximum Gasteiger partial charge on any atom is 0.410 e. The van der Waals surface area contributed by atoms with E-state index in [0.717, 1.165) is 10.3 Å². The largest absolute Gasteiger partial charge is 0.497 e. The standard InChI is InChI=1S/C47H49BrN8O9S3/c1-47(2,3)65-46(57)54-25-24-33(29-54)52-67(58,59)40-23-22-37(38-8-7-9-39-42(38)49-45(48)66-39)41(44-50-53-56(51-44)28-32-14-20-36(64-6)21-15-32)43(40)68(60,61)55(26-30-10-16-34(62-4)17-11-30)27-31-12-18-35(63-5)19-13-31/h7-23,33,52H,24-29H2,1-6H3/t33-/m1/s1. The average molecular weight is 1050 g/mol. The number of carbonyl (C=O) groups excluding carboxylic acids is 1. The van der Waals surface area contributed by atoms with Crippen molar-refractivity contribution in [3.63, 3.8) is 0 Å². The minimum Gasteiger partial charge on any atom is -0.497 e. The maximum absolute atomic E-state index is 16.2. The van der Waals surface area contributed by atoms with E-state index < -0.39 is 47.6 Å². The van der Waals surface area contributed by atoms with Gasteiger partial charge in [0.1, 0.15) is 32.6 Å². The first-order chi connectivity index (χ1) is 32.4. The Hall–Kier alpha value is -5.97. The van der Waals surface area contributed by atoms with Gasteiger partial charge in [0.25, 0.3) is 0 Å². The van der Waals surface area contributed by atoms with E-state index in [9.17, 15) is 4.79 Å². The second kappa shape index (κ2) is 19.9. The summed E-state index contributed by atoms with van der Waals surface area (Å²) in [6.45, 7) is 5.21. The molecule has 0 bridgehead atoms. The van der Waals surface area contributed by atoms with Crippen molar-refractivity contribution >= 4 is 63.6 Å². The van der Waals surface area contributed by atoms with Gasteiger partial charge in [0, 0.05) is 37.8 Å². The van der Waals surface area contributed by atoms with Crippen molar-refractivity contribution in [3.05, 3.63) is 124 Å². The van der Waals surface area contributed by atoms with Crippen molar-refractivity contribution in [2.24, 2.45) is 0 Å². The number of hydrogen-bond donors (Lipinski definition) is 1. The number of nitrogens with zero attached hydrogens (tertiary/aromatic N) is 7. The van der Waals surface area contributed by atoms with E-state index in [1.165, 1.54) is 45.6 Å². The Kier molecular flexibility index (Phi) is 14.2. The van der Waals surface area contributed by atoms with Gasteiger partial charge in [0.2, 0.25) is 25.9 Å². The highest BCUT2D eigenvalue weighted by Crippen LogP contribution is 2.44. The zero-order valence-corrected chi connectivity index (χ0v) is 42.1. The third kappa shape index (κ3) is 10.8. The van der Waals surface area contributed by atoms with E-state index in [2.05, 4.69) is 31.0 Å². The highest BCUT2D eigenvalue weighted by atomic mass is 79.9. The summed E-state index contributed by atoms with van der Waals surface area (Å²) in [7, 11) is -5.03. The van der Waals surface area contributed by atoms with Gasteiger partial charge in [-0.25, -0.2) is 31.3 Å². The van der Waals surface area contributed by atoms with Crippen LogP contribution in [0.4, 0.5) is 4.79 Å². The number of sulfonamides is 2. The van der Waals surface area contributed by atoms with E-state index in [1.54, 1.807) is 101 Å². The molecule has 2 aromatic heterocycles. The second-order valence-electron chi connectivity index (χ2n) is 16.9. The molecule has 1 fully saturated rings. The normalized spacial score (nSPS) is 14.4. The Morgan fingerprint density at radius 3 is 1.97 bits per heavy atom. The van der Waals surface area contributed by atoms with Crippen molar-refractivity contribution in [3.8, 4) is 39.8 Å². The predicted octanol–water partition coefficient (Wildman–Crippen LogP) is 8.13. The summed E-state index contributed by atoms with van der Waals surface area (Å²) in [4.78, 5) is 19.4. The van der Waals surface area contributed by atoms with Crippen LogP contribution in [-0.2, 0) is 44.4 Å². The molecule has 356 valence electrons. The number of methoxy groups -OCH3 is 3. The van der Waals surface area contributed by atoms with Gasteiger partial charge in [-0.3, -0.25) is 0 Å². The fourth-order valence-corrected chi connectivity index (χ4v) is 12.9. The molecule has 8 rings (SSSR count). The third-order valence-corrected chi connectivity index (χ3v) is 16.1. The number of nitrogens with one attached hydrogen (secondary N) is 1. The van der Waals surface area contributed by atoms with Gasteiger partial charge in [-0.05, 0) is 119 Å². The topological polar surface area (TPSA) is 197 Å². The molecule has 1 aliphatic rings. The van der Waals surface area contributed by atoms with Crippen LogP contribution in [0, 0.1) is 0 Å². The van der Waals surface area contributed by atoms with Gasteiger partial charge < -0.3 is 23.8 Å². The van der Waals surface area contributed by atoms with Gasteiger partial charge in [-0.15, -0.1) is 21.5 Å². The molecule has 0 saturated carbocycles. The molecule has 68 heavy (non-hydrogen) atoms.